The first kappa shape index (κ1) is 24.2. The van der Waals surface area contributed by atoms with Gasteiger partial charge in [-0.15, -0.1) is 0 Å². The zero-order chi connectivity index (χ0) is 23.8. The van der Waals surface area contributed by atoms with Gasteiger partial charge in [-0.25, -0.2) is 0 Å². The summed E-state index contributed by atoms with van der Waals surface area (Å²) in [6.45, 7) is 8.91. The van der Waals surface area contributed by atoms with E-state index in [2.05, 4.69) is 23.5 Å². The average Bonchev–Trinajstić information content (AvgIpc) is 2.79. The average molecular weight is 443 g/mol. The summed E-state index contributed by atoms with van der Waals surface area (Å²) in [5.74, 6) is -0.166. The molecule has 3 aromatic rings. The van der Waals surface area contributed by atoms with E-state index >= 15 is 0 Å². The Kier molecular flexibility index (Phi) is 8.42. The molecule has 0 aromatic heterocycles. The number of carbonyl (C=O) groups is 2. The van der Waals surface area contributed by atoms with Crippen LogP contribution in [0.5, 0.6) is 0 Å². The highest BCUT2D eigenvalue weighted by molar-refractivity contribution is 5.89. The molecular formula is C29H34N2O2. The molecule has 3 aromatic carbocycles. The van der Waals surface area contributed by atoms with Crippen LogP contribution in [0.1, 0.15) is 40.3 Å². The van der Waals surface area contributed by atoms with Crippen LogP contribution >= 0.6 is 0 Å². The van der Waals surface area contributed by atoms with Crippen LogP contribution in [0.25, 0.3) is 0 Å². The van der Waals surface area contributed by atoms with Gasteiger partial charge in [0.25, 0.3) is 0 Å². The van der Waals surface area contributed by atoms with Crippen molar-refractivity contribution in [1.82, 2.24) is 10.2 Å². The molecular weight excluding hydrogens is 408 g/mol. The second-order valence-electron chi connectivity index (χ2n) is 8.72. The fraction of sp³-hybridized carbons (Fsp3) is 0.310. The Hall–Kier alpha value is -3.40. The maximum atomic E-state index is 13.8. The maximum absolute atomic E-state index is 13.8. The fourth-order valence-electron chi connectivity index (χ4n) is 4.11. The highest BCUT2D eigenvalue weighted by atomic mass is 16.2. The summed E-state index contributed by atoms with van der Waals surface area (Å²) in [6.07, 6.45) is 0.737. The van der Waals surface area contributed by atoms with E-state index in [9.17, 15) is 9.59 Å². The van der Waals surface area contributed by atoms with Gasteiger partial charge in [-0.3, -0.25) is 9.59 Å². The van der Waals surface area contributed by atoms with Crippen molar-refractivity contribution >= 4 is 11.8 Å². The molecule has 1 N–H and O–H groups in total. The third-order valence-corrected chi connectivity index (χ3v) is 5.90. The third-order valence-electron chi connectivity index (χ3n) is 5.90. The molecule has 3 rings (SSSR count). The van der Waals surface area contributed by atoms with Crippen LogP contribution in [-0.2, 0) is 29.0 Å². The number of nitrogens with one attached hydrogen (secondary N) is 1. The van der Waals surface area contributed by atoms with Gasteiger partial charge < -0.3 is 10.2 Å². The van der Waals surface area contributed by atoms with E-state index in [-0.39, 0.29) is 18.2 Å². The molecule has 0 aliphatic heterocycles. The van der Waals surface area contributed by atoms with Crippen LogP contribution in [0.4, 0.5) is 0 Å². The molecule has 2 amide bonds. The van der Waals surface area contributed by atoms with Crippen molar-refractivity contribution in [1.29, 1.82) is 0 Å². The number of hydrogen-bond acceptors (Lipinski definition) is 2. The molecule has 0 saturated carbocycles. The number of carbonyl (C=O) groups excluding carboxylic acids is 2. The number of benzene rings is 3. The van der Waals surface area contributed by atoms with Crippen molar-refractivity contribution in [2.24, 2.45) is 0 Å². The van der Waals surface area contributed by atoms with E-state index in [1.54, 1.807) is 4.90 Å². The summed E-state index contributed by atoms with van der Waals surface area (Å²) in [5.41, 5.74) is 6.39. The molecule has 0 saturated heterocycles. The molecule has 33 heavy (non-hydrogen) atoms. The first-order valence-corrected chi connectivity index (χ1v) is 11.6. The number of amides is 2. The van der Waals surface area contributed by atoms with Gasteiger partial charge in [0.2, 0.25) is 11.8 Å². The molecule has 0 bridgehead atoms. The maximum Gasteiger partial charge on any atom is 0.243 e. The molecule has 0 aliphatic carbocycles. The van der Waals surface area contributed by atoms with Crippen LogP contribution in [0.3, 0.4) is 0 Å². The molecule has 0 radical (unpaired) electrons. The minimum atomic E-state index is -0.592. The molecule has 0 spiro atoms. The smallest absolute Gasteiger partial charge is 0.243 e. The lowest BCUT2D eigenvalue weighted by atomic mass is 9.99. The third kappa shape index (κ3) is 6.79. The Balaban J connectivity index is 1.98. The normalized spacial score (nSPS) is 11.6. The number of likely N-dealkylation sites (N-methyl/N-ethyl adjacent to an activating group) is 1. The minimum absolute atomic E-state index is 0.0441. The van der Waals surface area contributed by atoms with Gasteiger partial charge in [0.05, 0.1) is 6.42 Å². The van der Waals surface area contributed by atoms with Crippen molar-refractivity contribution in [2.75, 3.05) is 6.54 Å². The van der Waals surface area contributed by atoms with Gasteiger partial charge in [-0.1, -0.05) is 83.9 Å². The number of nitrogens with zero attached hydrogens (tertiary/aromatic N) is 1. The van der Waals surface area contributed by atoms with Gasteiger partial charge in [-0.05, 0) is 49.9 Å². The van der Waals surface area contributed by atoms with Crippen molar-refractivity contribution < 1.29 is 9.59 Å². The van der Waals surface area contributed by atoms with Crippen molar-refractivity contribution in [2.45, 2.75) is 53.1 Å². The SMILES string of the molecule is CCNC(=O)C(Cc1ccccc1)N(Cc1cccc(C)c1)C(=O)Cc1cc(C)ccc1C. The van der Waals surface area contributed by atoms with Gasteiger partial charge in [0, 0.05) is 19.5 Å². The van der Waals surface area contributed by atoms with Gasteiger partial charge in [0.1, 0.15) is 6.04 Å². The second kappa shape index (κ2) is 11.5. The van der Waals surface area contributed by atoms with Gasteiger partial charge in [-0.2, -0.15) is 0 Å². The summed E-state index contributed by atoms with van der Waals surface area (Å²) < 4.78 is 0. The Labute approximate surface area is 197 Å². The lowest BCUT2D eigenvalue weighted by Gasteiger charge is -2.32. The number of hydrogen-bond donors (Lipinski definition) is 1. The van der Waals surface area contributed by atoms with E-state index in [1.165, 1.54) is 0 Å². The van der Waals surface area contributed by atoms with Gasteiger partial charge >= 0.3 is 0 Å². The Morgan fingerprint density at radius 3 is 2.24 bits per heavy atom. The molecule has 4 heteroatoms. The van der Waals surface area contributed by atoms with E-state index in [4.69, 9.17) is 0 Å². The second-order valence-corrected chi connectivity index (χ2v) is 8.72. The predicted molar refractivity (Wildman–Crippen MR) is 134 cm³/mol. The summed E-state index contributed by atoms with van der Waals surface area (Å²) in [6, 6.07) is 23.6. The lowest BCUT2D eigenvalue weighted by Crippen LogP contribution is -2.51. The van der Waals surface area contributed by atoms with Crippen LogP contribution in [0, 0.1) is 20.8 Å². The quantitative estimate of drug-likeness (QED) is 0.511. The van der Waals surface area contributed by atoms with E-state index < -0.39 is 6.04 Å². The van der Waals surface area contributed by atoms with Crippen LogP contribution in [-0.4, -0.2) is 29.3 Å². The Morgan fingerprint density at radius 1 is 0.848 bits per heavy atom. The largest absolute Gasteiger partial charge is 0.355 e. The monoisotopic (exact) mass is 442 g/mol. The summed E-state index contributed by atoms with van der Waals surface area (Å²) >= 11 is 0. The molecule has 1 atom stereocenters. The first-order valence-electron chi connectivity index (χ1n) is 11.6. The highest BCUT2D eigenvalue weighted by Gasteiger charge is 2.30. The molecule has 0 aliphatic rings. The Bertz CT molecular complexity index is 1090. The van der Waals surface area contributed by atoms with Crippen molar-refractivity contribution in [3.63, 3.8) is 0 Å². The standard InChI is InChI=1S/C29H34N2O2/c1-5-30-29(33)27(18-24-11-7-6-8-12-24)31(20-25-13-9-10-21(2)16-25)28(32)19-26-17-22(3)14-15-23(26)4/h6-17,27H,5,18-20H2,1-4H3,(H,30,33). The lowest BCUT2D eigenvalue weighted by molar-refractivity contribution is -0.140. The number of aryl methyl sites for hydroxylation is 3. The van der Waals surface area contributed by atoms with Crippen molar-refractivity contribution in [3.8, 4) is 0 Å². The van der Waals surface area contributed by atoms with E-state index in [0.29, 0.717) is 19.5 Å². The Morgan fingerprint density at radius 2 is 1.55 bits per heavy atom. The molecule has 1 unspecified atom stereocenters. The predicted octanol–water partition coefficient (Wildman–Crippen LogP) is 4.93. The zero-order valence-electron chi connectivity index (χ0n) is 20.1. The molecule has 0 heterocycles. The van der Waals surface area contributed by atoms with E-state index in [0.717, 1.165) is 33.4 Å². The molecule has 4 nitrogen and oxygen atoms in total. The summed E-state index contributed by atoms with van der Waals surface area (Å²) in [5, 5.41) is 2.95. The molecule has 172 valence electrons. The van der Waals surface area contributed by atoms with Gasteiger partial charge in [0.15, 0.2) is 0 Å². The zero-order valence-corrected chi connectivity index (χ0v) is 20.1. The van der Waals surface area contributed by atoms with Crippen LogP contribution < -0.4 is 5.32 Å². The minimum Gasteiger partial charge on any atom is -0.355 e. The topological polar surface area (TPSA) is 49.4 Å². The van der Waals surface area contributed by atoms with Crippen molar-refractivity contribution in [3.05, 3.63) is 106 Å². The van der Waals surface area contributed by atoms with Crippen LogP contribution in [0.2, 0.25) is 0 Å². The van der Waals surface area contributed by atoms with Crippen LogP contribution in [0.15, 0.2) is 72.8 Å². The summed E-state index contributed by atoms with van der Waals surface area (Å²) in [4.78, 5) is 28.7. The fourth-order valence-corrected chi connectivity index (χ4v) is 4.11. The first-order chi connectivity index (χ1) is 15.9. The summed E-state index contributed by atoms with van der Waals surface area (Å²) in [7, 11) is 0. The number of rotatable bonds is 9. The molecule has 0 fully saturated rings. The highest BCUT2D eigenvalue weighted by Crippen LogP contribution is 2.19. The van der Waals surface area contributed by atoms with E-state index in [1.807, 2.05) is 82.3 Å².